The molecular weight excluding hydrogens is 368 g/mol. The number of carbonyl (C=O) groups is 1. The van der Waals surface area contributed by atoms with Gasteiger partial charge in [0, 0.05) is 6.07 Å². The van der Waals surface area contributed by atoms with E-state index in [4.69, 9.17) is 14.7 Å². The number of halogens is 2. The van der Waals surface area contributed by atoms with Crippen LogP contribution in [0.5, 0.6) is 11.5 Å². The zero-order valence-corrected chi connectivity index (χ0v) is 14.3. The average molecular weight is 381 g/mol. The first-order valence-corrected chi connectivity index (χ1v) is 8.85. The molecule has 0 aliphatic carbocycles. The number of ether oxygens (including phenoxy) is 2. The summed E-state index contributed by atoms with van der Waals surface area (Å²) in [5, 5.41) is 8.90. The molecule has 2 rings (SSSR count). The minimum Gasteiger partial charge on any atom is -0.490 e. The number of nitriles is 1. The van der Waals surface area contributed by atoms with E-state index in [9.17, 15) is 22.0 Å². The quantitative estimate of drug-likeness (QED) is 0.564. The number of nitrogens with zero attached hydrogens (tertiary/aromatic N) is 1. The van der Waals surface area contributed by atoms with Gasteiger partial charge >= 0.3 is 11.7 Å². The van der Waals surface area contributed by atoms with Crippen molar-refractivity contribution in [3.63, 3.8) is 0 Å². The van der Waals surface area contributed by atoms with Gasteiger partial charge in [-0.05, 0) is 43.3 Å². The first kappa shape index (κ1) is 19.3. The lowest BCUT2D eigenvalue weighted by molar-refractivity contribution is 0.0728. The van der Waals surface area contributed by atoms with E-state index in [-0.39, 0.29) is 23.7 Å². The molecule has 0 spiro atoms. The van der Waals surface area contributed by atoms with E-state index in [1.54, 1.807) is 6.92 Å². The molecule has 0 atom stereocenters. The van der Waals surface area contributed by atoms with Crippen LogP contribution in [0.4, 0.5) is 8.78 Å². The number of esters is 1. The van der Waals surface area contributed by atoms with Crippen molar-refractivity contribution in [2.24, 2.45) is 0 Å². The fraction of sp³-hybridized carbons (Fsp3) is 0.176. The standard InChI is InChI=1S/C17H13F2NO5S/c1-2-24-15-9-11(10-20)3-8-14(15)25-16(21)12-4-6-13(7-5-12)26(22,23)17(18)19/h3-9,17H,2H2,1H3. The minimum absolute atomic E-state index is 0.0370. The predicted octanol–water partition coefficient (Wildman–Crippen LogP) is 3.17. The van der Waals surface area contributed by atoms with Crippen LogP contribution in [0.1, 0.15) is 22.8 Å². The Morgan fingerprint density at radius 1 is 1.15 bits per heavy atom. The highest BCUT2D eigenvalue weighted by atomic mass is 32.2. The smallest absolute Gasteiger partial charge is 0.343 e. The van der Waals surface area contributed by atoms with Crippen LogP contribution in [0.25, 0.3) is 0 Å². The van der Waals surface area contributed by atoms with E-state index >= 15 is 0 Å². The molecule has 0 heterocycles. The van der Waals surface area contributed by atoms with E-state index in [0.29, 0.717) is 5.56 Å². The lowest BCUT2D eigenvalue weighted by atomic mass is 10.2. The molecule has 26 heavy (non-hydrogen) atoms. The average Bonchev–Trinajstić information content (AvgIpc) is 2.63. The lowest BCUT2D eigenvalue weighted by Crippen LogP contribution is -2.13. The van der Waals surface area contributed by atoms with Crippen molar-refractivity contribution < 1.29 is 31.5 Å². The van der Waals surface area contributed by atoms with Crippen LogP contribution in [0, 0.1) is 11.3 Å². The molecule has 6 nitrogen and oxygen atoms in total. The van der Waals surface area contributed by atoms with Crippen molar-refractivity contribution >= 4 is 15.8 Å². The Bertz CT molecular complexity index is 950. The highest BCUT2D eigenvalue weighted by Gasteiger charge is 2.26. The predicted molar refractivity (Wildman–Crippen MR) is 86.9 cm³/mol. The Hall–Kier alpha value is -2.99. The van der Waals surface area contributed by atoms with Crippen molar-refractivity contribution in [2.75, 3.05) is 6.61 Å². The number of benzene rings is 2. The molecule has 0 saturated carbocycles. The summed E-state index contributed by atoms with van der Waals surface area (Å²) in [6.07, 6.45) is 0. The van der Waals surface area contributed by atoms with E-state index in [0.717, 1.165) is 24.3 Å². The monoisotopic (exact) mass is 381 g/mol. The number of hydrogen-bond donors (Lipinski definition) is 0. The molecule has 0 aliphatic rings. The molecule has 0 unspecified atom stereocenters. The summed E-state index contributed by atoms with van der Waals surface area (Å²) in [4.78, 5) is 11.6. The molecule has 2 aromatic rings. The first-order chi connectivity index (χ1) is 12.3. The summed E-state index contributed by atoms with van der Waals surface area (Å²) in [6, 6.07) is 10.1. The topological polar surface area (TPSA) is 93.5 Å². The van der Waals surface area contributed by atoms with Gasteiger partial charge in [-0.1, -0.05) is 0 Å². The number of alkyl halides is 2. The molecule has 0 amide bonds. The molecule has 0 radical (unpaired) electrons. The minimum atomic E-state index is -4.74. The van der Waals surface area contributed by atoms with Crippen molar-refractivity contribution in [3.8, 4) is 17.6 Å². The summed E-state index contributed by atoms with van der Waals surface area (Å²) in [7, 11) is -4.74. The largest absolute Gasteiger partial charge is 0.490 e. The Kier molecular flexibility index (Phi) is 5.90. The van der Waals surface area contributed by atoms with Crippen LogP contribution >= 0.6 is 0 Å². The third kappa shape index (κ3) is 4.15. The molecule has 0 aromatic heterocycles. The molecule has 9 heteroatoms. The van der Waals surface area contributed by atoms with Gasteiger partial charge in [0.1, 0.15) is 0 Å². The zero-order valence-electron chi connectivity index (χ0n) is 13.5. The highest BCUT2D eigenvalue weighted by molar-refractivity contribution is 7.91. The maximum atomic E-state index is 12.5. The second-order valence-electron chi connectivity index (χ2n) is 4.93. The van der Waals surface area contributed by atoms with Crippen molar-refractivity contribution in [1.82, 2.24) is 0 Å². The summed E-state index contributed by atoms with van der Waals surface area (Å²) in [5.74, 6) is -4.12. The first-order valence-electron chi connectivity index (χ1n) is 7.30. The van der Waals surface area contributed by atoms with Gasteiger partial charge in [0.05, 0.1) is 28.7 Å². The third-order valence-corrected chi connectivity index (χ3v) is 4.63. The summed E-state index contributed by atoms with van der Waals surface area (Å²) >= 11 is 0. The number of sulfone groups is 1. The van der Waals surface area contributed by atoms with Gasteiger partial charge < -0.3 is 9.47 Å². The fourth-order valence-electron chi connectivity index (χ4n) is 1.97. The second kappa shape index (κ2) is 7.93. The summed E-state index contributed by atoms with van der Waals surface area (Å²) in [5.41, 5.74) is 0.278. The summed E-state index contributed by atoms with van der Waals surface area (Å²) < 4.78 is 58.3. The van der Waals surface area contributed by atoms with Gasteiger partial charge in [-0.25, -0.2) is 13.2 Å². The molecule has 0 aliphatic heterocycles. The Morgan fingerprint density at radius 3 is 2.35 bits per heavy atom. The van der Waals surface area contributed by atoms with E-state index in [2.05, 4.69) is 0 Å². The van der Waals surface area contributed by atoms with Crippen LogP contribution in [0.2, 0.25) is 0 Å². The normalized spacial score (nSPS) is 11.0. The zero-order chi connectivity index (χ0) is 19.3. The molecule has 0 fully saturated rings. The van der Waals surface area contributed by atoms with Crippen LogP contribution < -0.4 is 9.47 Å². The van der Waals surface area contributed by atoms with Crippen LogP contribution in [-0.4, -0.2) is 26.8 Å². The van der Waals surface area contributed by atoms with Crippen LogP contribution in [0.3, 0.4) is 0 Å². The lowest BCUT2D eigenvalue weighted by Gasteiger charge is -2.11. The number of rotatable bonds is 6. The van der Waals surface area contributed by atoms with Gasteiger partial charge in [-0.2, -0.15) is 14.0 Å². The SMILES string of the molecule is CCOc1cc(C#N)ccc1OC(=O)c1ccc(S(=O)(=O)C(F)F)cc1. The Balaban J connectivity index is 2.25. The Labute approximate surface area is 148 Å². The number of carbonyl (C=O) groups excluding carboxylic acids is 1. The maximum Gasteiger partial charge on any atom is 0.343 e. The van der Waals surface area contributed by atoms with Crippen LogP contribution in [-0.2, 0) is 9.84 Å². The highest BCUT2D eigenvalue weighted by Crippen LogP contribution is 2.29. The van der Waals surface area contributed by atoms with Gasteiger partial charge in [0.15, 0.2) is 11.5 Å². The molecular formula is C17H13F2NO5S. The van der Waals surface area contributed by atoms with Gasteiger partial charge in [0.25, 0.3) is 0 Å². The van der Waals surface area contributed by atoms with E-state index in [1.165, 1.54) is 18.2 Å². The van der Waals surface area contributed by atoms with Gasteiger partial charge in [0.2, 0.25) is 9.84 Å². The van der Waals surface area contributed by atoms with Crippen molar-refractivity contribution in [1.29, 1.82) is 5.26 Å². The number of hydrogen-bond acceptors (Lipinski definition) is 6. The van der Waals surface area contributed by atoms with Crippen molar-refractivity contribution in [2.45, 2.75) is 17.6 Å². The van der Waals surface area contributed by atoms with Gasteiger partial charge in [-0.15, -0.1) is 0 Å². The molecule has 0 bridgehead atoms. The van der Waals surface area contributed by atoms with Crippen molar-refractivity contribution in [3.05, 3.63) is 53.6 Å². The van der Waals surface area contributed by atoms with E-state index < -0.39 is 26.5 Å². The van der Waals surface area contributed by atoms with E-state index in [1.807, 2.05) is 6.07 Å². The van der Waals surface area contributed by atoms with Crippen LogP contribution in [0.15, 0.2) is 47.4 Å². The molecule has 0 saturated heterocycles. The molecule has 0 N–H and O–H groups in total. The van der Waals surface area contributed by atoms with Gasteiger partial charge in [-0.3, -0.25) is 0 Å². The third-order valence-electron chi connectivity index (χ3n) is 3.23. The molecule has 2 aromatic carbocycles. The fourth-order valence-corrected chi connectivity index (χ4v) is 2.69. The maximum absolute atomic E-state index is 12.5. The summed E-state index contributed by atoms with van der Waals surface area (Å²) in [6.45, 7) is 1.99. The Morgan fingerprint density at radius 2 is 1.81 bits per heavy atom. The molecule has 136 valence electrons. The second-order valence-corrected chi connectivity index (χ2v) is 6.84.